The molecule has 0 spiro atoms. The Balaban J connectivity index is 2.32. The van der Waals surface area contributed by atoms with Crippen LogP contribution in [0.1, 0.15) is 34.8 Å². The number of hydrogen-bond acceptors (Lipinski definition) is 7. The van der Waals surface area contributed by atoms with Gasteiger partial charge in [0.15, 0.2) is 0 Å². The molecule has 0 aliphatic heterocycles. The van der Waals surface area contributed by atoms with Gasteiger partial charge in [0.25, 0.3) is 11.6 Å². The summed E-state index contributed by atoms with van der Waals surface area (Å²) >= 11 is 0. The van der Waals surface area contributed by atoms with Crippen LogP contribution in [0.15, 0.2) is 24.3 Å². The lowest BCUT2D eigenvalue weighted by Crippen LogP contribution is -2.21. The molecule has 23 heavy (non-hydrogen) atoms. The molecule has 9 heteroatoms. The largest absolute Gasteiger partial charge is 0.484 e. The maximum atomic E-state index is 11.6. The normalized spacial score (nSPS) is 11.7. The number of carbonyl (C=O) groups is 1. The summed E-state index contributed by atoms with van der Waals surface area (Å²) in [6, 6.07) is 5.54. The van der Waals surface area contributed by atoms with Crippen molar-refractivity contribution in [3.63, 3.8) is 0 Å². The summed E-state index contributed by atoms with van der Waals surface area (Å²) in [7, 11) is 0. The van der Waals surface area contributed by atoms with Gasteiger partial charge in [0.05, 0.1) is 21.9 Å². The lowest BCUT2D eigenvalue weighted by molar-refractivity contribution is -0.384. The molecule has 1 aromatic carbocycles. The molecule has 4 N–H and O–H groups in total. The van der Waals surface area contributed by atoms with Crippen LogP contribution in [0.25, 0.3) is 0 Å². The van der Waals surface area contributed by atoms with Crippen LogP contribution in [0.3, 0.4) is 0 Å². The van der Waals surface area contributed by atoms with Gasteiger partial charge in [-0.25, -0.2) is 9.97 Å². The lowest BCUT2D eigenvalue weighted by atomic mass is 10.1. The standard InChI is InChI=1S/C14H15N5O4/c1-7-11(13(15)20)12(18-14(16)17-7)8(2)23-10-5-3-9(4-6-10)19(21)22/h3-6,8H,1-2H3,(H2,15,20)(H2,16,17,18). The Hall–Kier alpha value is -3.23. The van der Waals surface area contributed by atoms with E-state index in [-0.39, 0.29) is 22.9 Å². The van der Waals surface area contributed by atoms with E-state index in [9.17, 15) is 14.9 Å². The van der Waals surface area contributed by atoms with Crippen molar-refractivity contribution in [2.45, 2.75) is 20.0 Å². The number of nitro groups is 1. The molecule has 2 rings (SSSR count). The molecule has 0 radical (unpaired) electrons. The second kappa shape index (κ2) is 6.26. The van der Waals surface area contributed by atoms with Crippen LogP contribution in [0.4, 0.5) is 11.6 Å². The van der Waals surface area contributed by atoms with Gasteiger partial charge in [0.1, 0.15) is 11.9 Å². The first-order valence-electron chi connectivity index (χ1n) is 6.64. The predicted molar refractivity (Wildman–Crippen MR) is 81.8 cm³/mol. The molecule has 1 unspecified atom stereocenters. The molecule has 0 saturated heterocycles. The summed E-state index contributed by atoms with van der Waals surface area (Å²) in [5.41, 5.74) is 11.7. The number of nitro benzene ring substituents is 1. The quantitative estimate of drug-likeness (QED) is 0.627. The van der Waals surface area contributed by atoms with Gasteiger partial charge >= 0.3 is 0 Å². The monoisotopic (exact) mass is 317 g/mol. The van der Waals surface area contributed by atoms with Crippen molar-refractivity contribution in [2.75, 3.05) is 5.73 Å². The summed E-state index contributed by atoms with van der Waals surface area (Å²) in [4.78, 5) is 29.7. The molecule has 1 amide bonds. The molecule has 9 nitrogen and oxygen atoms in total. The van der Waals surface area contributed by atoms with Crippen LogP contribution in [0, 0.1) is 17.0 Å². The SMILES string of the molecule is Cc1nc(N)nc(C(C)Oc2ccc([N+](=O)[O-])cc2)c1C(N)=O. The highest BCUT2D eigenvalue weighted by atomic mass is 16.6. The van der Waals surface area contributed by atoms with E-state index in [0.717, 1.165) is 0 Å². The summed E-state index contributed by atoms with van der Waals surface area (Å²) in [6.07, 6.45) is -0.650. The molecule has 0 aliphatic rings. The van der Waals surface area contributed by atoms with Crippen LogP contribution in [0.5, 0.6) is 5.75 Å². The first kappa shape index (κ1) is 16.1. The van der Waals surface area contributed by atoms with Gasteiger partial charge in [-0.05, 0) is 26.0 Å². The van der Waals surface area contributed by atoms with Crippen molar-refractivity contribution in [2.24, 2.45) is 5.73 Å². The van der Waals surface area contributed by atoms with Crippen LogP contribution in [-0.4, -0.2) is 20.8 Å². The van der Waals surface area contributed by atoms with Crippen molar-refractivity contribution in [3.05, 3.63) is 51.3 Å². The maximum absolute atomic E-state index is 11.6. The molecule has 0 fully saturated rings. The number of carbonyl (C=O) groups excluding carboxylic acids is 1. The minimum atomic E-state index is -0.684. The Labute approximate surface area is 131 Å². The number of hydrogen-bond donors (Lipinski definition) is 2. The number of ether oxygens (including phenoxy) is 1. The van der Waals surface area contributed by atoms with Crippen LogP contribution < -0.4 is 16.2 Å². The van der Waals surface area contributed by atoms with Crippen molar-refractivity contribution in [1.29, 1.82) is 0 Å². The number of nitrogens with two attached hydrogens (primary N) is 2. The molecule has 1 heterocycles. The van der Waals surface area contributed by atoms with Crippen molar-refractivity contribution < 1.29 is 14.5 Å². The molecule has 1 aromatic heterocycles. The molecule has 0 saturated carbocycles. The van der Waals surface area contributed by atoms with E-state index in [1.807, 2.05) is 0 Å². The molecule has 0 bridgehead atoms. The second-order valence-electron chi connectivity index (χ2n) is 4.80. The van der Waals surface area contributed by atoms with E-state index < -0.39 is 16.9 Å². The van der Waals surface area contributed by atoms with Crippen LogP contribution in [0.2, 0.25) is 0 Å². The molecular formula is C14H15N5O4. The van der Waals surface area contributed by atoms with Gasteiger partial charge in [-0.15, -0.1) is 0 Å². The van der Waals surface area contributed by atoms with Crippen molar-refractivity contribution in [3.8, 4) is 5.75 Å². The molecular weight excluding hydrogens is 302 g/mol. The van der Waals surface area contributed by atoms with Crippen LogP contribution in [-0.2, 0) is 0 Å². The fourth-order valence-corrected chi connectivity index (χ4v) is 2.12. The number of non-ortho nitro benzene ring substituents is 1. The first-order valence-corrected chi connectivity index (χ1v) is 6.64. The minimum Gasteiger partial charge on any atom is -0.484 e. The Kier molecular flexibility index (Phi) is 4.39. The van der Waals surface area contributed by atoms with Crippen molar-refractivity contribution >= 4 is 17.5 Å². The van der Waals surface area contributed by atoms with E-state index in [1.54, 1.807) is 13.8 Å². The van der Waals surface area contributed by atoms with E-state index in [0.29, 0.717) is 11.4 Å². The minimum absolute atomic E-state index is 0.00153. The van der Waals surface area contributed by atoms with E-state index in [4.69, 9.17) is 16.2 Å². The zero-order valence-electron chi connectivity index (χ0n) is 12.5. The van der Waals surface area contributed by atoms with Crippen molar-refractivity contribution in [1.82, 2.24) is 9.97 Å². The Morgan fingerprint density at radius 3 is 2.43 bits per heavy atom. The average molecular weight is 317 g/mol. The highest BCUT2D eigenvalue weighted by Crippen LogP contribution is 2.26. The fourth-order valence-electron chi connectivity index (χ4n) is 2.12. The molecule has 1 atom stereocenters. The Morgan fingerprint density at radius 2 is 1.91 bits per heavy atom. The summed E-state index contributed by atoms with van der Waals surface area (Å²) in [5, 5.41) is 10.6. The van der Waals surface area contributed by atoms with Crippen LogP contribution >= 0.6 is 0 Å². The highest BCUT2D eigenvalue weighted by molar-refractivity contribution is 5.95. The van der Waals surface area contributed by atoms with Gasteiger partial charge in [0, 0.05) is 12.1 Å². The third kappa shape index (κ3) is 3.51. The number of nitrogen functional groups attached to an aromatic ring is 1. The smallest absolute Gasteiger partial charge is 0.269 e. The fraction of sp³-hybridized carbons (Fsp3) is 0.214. The van der Waals surface area contributed by atoms with Gasteiger partial charge in [-0.1, -0.05) is 0 Å². The molecule has 120 valence electrons. The molecule has 0 aliphatic carbocycles. The number of aromatic nitrogens is 2. The Bertz CT molecular complexity index is 761. The zero-order chi connectivity index (χ0) is 17.1. The number of anilines is 1. The summed E-state index contributed by atoms with van der Waals surface area (Å²) < 4.78 is 5.66. The first-order chi connectivity index (χ1) is 10.8. The Morgan fingerprint density at radius 1 is 1.30 bits per heavy atom. The number of benzene rings is 1. The van der Waals surface area contributed by atoms with E-state index in [2.05, 4.69) is 9.97 Å². The zero-order valence-corrected chi connectivity index (χ0v) is 12.5. The second-order valence-corrected chi connectivity index (χ2v) is 4.80. The number of amides is 1. The number of aryl methyl sites for hydroxylation is 1. The highest BCUT2D eigenvalue weighted by Gasteiger charge is 2.22. The molecule has 2 aromatic rings. The third-order valence-electron chi connectivity index (χ3n) is 3.13. The van der Waals surface area contributed by atoms with Gasteiger partial charge in [-0.3, -0.25) is 14.9 Å². The third-order valence-corrected chi connectivity index (χ3v) is 3.13. The maximum Gasteiger partial charge on any atom is 0.269 e. The topological polar surface area (TPSA) is 147 Å². The lowest BCUT2D eigenvalue weighted by Gasteiger charge is -2.17. The van der Waals surface area contributed by atoms with E-state index >= 15 is 0 Å². The van der Waals surface area contributed by atoms with Gasteiger partial charge in [-0.2, -0.15) is 0 Å². The van der Waals surface area contributed by atoms with Gasteiger partial charge < -0.3 is 16.2 Å². The number of rotatable bonds is 5. The summed E-state index contributed by atoms with van der Waals surface area (Å²) in [5.74, 6) is -0.299. The van der Waals surface area contributed by atoms with Gasteiger partial charge in [0.2, 0.25) is 5.95 Å². The predicted octanol–water partition coefficient (Wildman–Crippen LogP) is 1.51. The van der Waals surface area contributed by atoms with E-state index in [1.165, 1.54) is 24.3 Å². The number of nitrogens with zero attached hydrogens (tertiary/aromatic N) is 3. The number of primary amides is 1. The average Bonchev–Trinajstić information content (AvgIpc) is 2.46. The summed E-state index contributed by atoms with van der Waals surface area (Å²) in [6.45, 7) is 3.26.